The van der Waals surface area contributed by atoms with E-state index in [2.05, 4.69) is 32.9 Å². The van der Waals surface area contributed by atoms with Gasteiger partial charge in [-0.25, -0.2) is 4.68 Å². The quantitative estimate of drug-likeness (QED) is 0.519. The minimum absolute atomic E-state index is 0.645. The van der Waals surface area contributed by atoms with Crippen molar-refractivity contribution in [3.05, 3.63) is 66.5 Å². The number of anilines is 1. The molecule has 2 aromatic carbocycles. The van der Waals surface area contributed by atoms with E-state index < -0.39 is 0 Å². The lowest BCUT2D eigenvalue weighted by Crippen LogP contribution is -2.30. The Hall–Kier alpha value is -3.48. The average molecular weight is 365 g/mol. The van der Waals surface area contributed by atoms with E-state index in [1.165, 1.54) is 0 Å². The summed E-state index contributed by atoms with van der Waals surface area (Å²) in [5.41, 5.74) is 3.02. The zero-order valence-corrected chi connectivity index (χ0v) is 15.6. The molecule has 0 radical (unpaired) electrons. The first kappa shape index (κ1) is 18.3. The highest BCUT2D eigenvalue weighted by Gasteiger charge is 2.06. The van der Waals surface area contributed by atoms with Crippen LogP contribution in [0.5, 0.6) is 11.5 Å². The van der Waals surface area contributed by atoms with Crippen LogP contribution < -0.4 is 20.1 Å². The molecule has 0 fully saturated rings. The van der Waals surface area contributed by atoms with Gasteiger partial charge in [0.2, 0.25) is 0 Å². The number of guanidine groups is 1. The molecule has 1 heterocycles. The summed E-state index contributed by atoms with van der Waals surface area (Å²) >= 11 is 0. The Morgan fingerprint density at radius 1 is 1.07 bits per heavy atom. The third-order valence-electron chi connectivity index (χ3n) is 4.04. The van der Waals surface area contributed by atoms with Crippen LogP contribution in [0.25, 0.3) is 5.69 Å². The van der Waals surface area contributed by atoms with Crippen molar-refractivity contribution in [3.63, 3.8) is 0 Å². The Balaban J connectivity index is 1.61. The summed E-state index contributed by atoms with van der Waals surface area (Å²) in [6.07, 6.45) is 3.68. The molecular formula is C20H23N5O2. The minimum atomic E-state index is 0.645. The summed E-state index contributed by atoms with van der Waals surface area (Å²) in [5.74, 6) is 2.01. The Bertz CT molecular complexity index is 889. The summed E-state index contributed by atoms with van der Waals surface area (Å²) in [6, 6.07) is 15.7. The summed E-state index contributed by atoms with van der Waals surface area (Å²) < 4.78 is 12.4. The van der Waals surface area contributed by atoms with Gasteiger partial charge in [-0.2, -0.15) is 5.10 Å². The molecule has 1 aromatic heterocycles. The number of hydrogen-bond acceptors (Lipinski definition) is 4. The number of rotatable bonds is 6. The van der Waals surface area contributed by atoms with Gasteiger partial charge in [0.1, 0.15) is 0 Å². The maximum atomic E-state index is 5.33. The average Bonchev–Trinajstić information content (AvgIpc) is 3.26. The second kappa shape index (κ2) is 8.75. The zero-order chi connectivity index (χ0) is 19.1. The first-order valence-electron chi connectivity index (χ1n) is 8.52. The molecule has 0 unspecified atom stereocenters. The van der Waals surface area contributed by atoms with Crippen LogP contribution in [0, 0.1) is 0 Å². The summed E-state index contributed by atoms with van der Waals surface area (Å²) in [7, 11) is 4.96. The number of aromatic nitrogens is 2. The van der Waals surface area contributed by atoms with Gasteiger partial charge < -0.3 is 20.1 Å². The lowest BCUT2D eigenvalue weighted by atomic mass is 10.2. The van der Waals surface area contributed by atoms with Gasteiger partial charge in [-0.15, -0.1) is 0 Å². The van der Waals surface area contributed by atoms with Crippen LogP contribution in [0.4, 0.5) is 5.69 Å². The van der Waals surface area contributed by atoms with Gasteiger partial charge in [-0.05, 0) is 35.9 Å². The van der Waals surface area contributed by atoms with Gasteiger partial charge in [-0.1, -0.05) is 12.1 Å². The highest BCUT2D eigenvalue weighted by Crippen LogP contribution is 2.29. The number of ether oxygens (including phenoxy) is 2. The predicted octanol–water partition coefficient (Wildman–Crippen LogP) is 3.08. The van der Waals surface area contributed by atoms with Gasteiger partial charge in [-0.3, -0.25) is 4.99 Å². The first-order valence-corrected chi connectivity index (χ1v) is 8.52. The summed E-state index contributed by atoms with van der Waals surface area (Å²) in [5, 5.41) is 10.8. The molecule has 7 heteroatoms. The molecule has 0 aliphatic carbocycles. The van der Waals surface area contributed by atoms with Crippen molar-refractivity contribution >= 4 is 11.6 Å². The van der Waals surface area contributed by atoms with Crippen LogP contribution in [-0.4, -0.2) is 37.0 Å². The standard InChI is InChI=1S/C20H23N5O2/c1-21-20(24-16-7-10-18(26-2)19(13-16)27-3)22-14-15-5-8-17(9-6-15)25-12-4-11-23-25/h4-13H,14H2,1-3H3,(H2,21,22,24). The number of benzene rings is 2. The molecule has 140 valence electrons. The Morgan fingerprint density at radius 2 is 1.85 bits per heavy atom. The van der Waals surface area contributed by atoms with Crippen LogP contribution in [0.2, 0.25) is 0 Å². The maximum absolute atomic E-state index is 5.33. The van der Waals surface area contributed by atoms with Crippen LogP contribution in [-0.2, 0) is 6.54 Å². The van der Waals surface area contributed by atoms with E-state index in [0.29, 0.717) is 24.0 Å². The molecule has 0 amide bonds. The monoisotopic (exact) mass is 365 g/mol. The van der Waals surface area contributed by atoms with Crippen molar-refractivity contribution in [3.8, 4) is 17.2 Å². The normalized spacial score (nSPS) is 11.1. The van der Waals surface area contributed by atoms with Crippen molar-refractivity contribution in [1.29, 1.82) is 0 Å². The molecule has 0 aliphatic heterocycles. The molecule has 3 rings (SSSR count). The fourth-order valence-corrected chi connectivity index (χ4v) is 2.60. The van der Waals surface area contributed by atoms with E-state index in [9.17, 15) is 0 Å². The third-order valence-corrected chi connectivity index (χ3v) is 4.04. The molecule has 27 heavy (non-hydrogen) atoms. The molecule has 0 atom stereocenters. The van der Waals surface area contributed by atoms with Crippen molar-refractivity contribution in [1.82, 2.24) is 15.1 Å². The molecule has 3 aromatic rings. The van der Waals surface area contributed by atoms with Crippen LogP contribution in [0.3, 0.4) is 0 Å². The minimum Gasteiger partial charge on any atom is -0.493 e. The van der Waals surface area contributed by atoms with E-state index in [1.54, 1.807) is 27.5 Å². The van der Waals surface area contributed by atoms with Crippen molar-refractivity contribution in [2.24, 2.45) is 4.99 Å². The second-order valence-electron chi connectivity index (χ2n) is 5.74. The van der Waals surface area contributed by atoms with E-state index in [1.807, 2.05) is 47.3 Å². The molecule has 2 N–H and O–H groups in total. The number of methoxy groups -OCH3 is 2. The lowest BCUT2D eigenvalue weighted by Gasteiger charge is -2.14. The van der Waals surface area contributed by atoms with E-state index >= 15 is 0 Å². The lowest BCUT2D eigenvalue weighted by molar-refractivity contribution is 0.355. The van der Waals surface area contributed by atoms with Crippen LogP contribution in [0.1, 0.15) is 5.56 Å². The van der Waals surface area contributed by atoms with Gasteiger partial charge >= 0.3 is 0 Å². The molecule has 0 spiro atoms. The van der Waals surface area contributed by atoms with E-state index in [-0.39, 0.29) is 0 Å². The molecule has 0 bridgehead atoms. The SMILES string of the molecule is CN=C(NCc1ccc(-n2cccn2)cc1)Nc1ccc(OC)c(OC)c1. The highest BCUT2D eigenvalue weighted by molar-refractivity contribution is 5.93. The molecule has 7 nitrogen and oxygen atoms in total. The predicted molar refractivity (Wildman–Crippen MR) is 107 cm³/mol. The highest BCUT2D eigenvalue weighted by atomic mass is 16.5. The number of nitrogens with one attached hydrogen (secondary N) is 2. The topological polar surface area (TPSA) is 72.7 Å². The number of hydrogen-bond donors (Lipinski definition) is 2. The van der Waals surface area contributed by atoms with E-state index in [4.69, 9.17) is 9.47 Å². The van der Waals surface area contributed by atoms with Crippen molar-refractivity contribution in [2.75, 3.05) is 26.6 Å². The number of aliphatic imine (C=N–C) groups is 1. The Labute approximate surface area is 158 Å². The summed E-state index contributed by atoms with van der Waals surface area (Å²) in [4.78, 5) is 4.26. The Kier molecular flexibility index (Phi) is 5.94. The van der Waals surface area contributed by atoms with E-state index in [0.717, 1.165) is 16.9 Å². The molecule has 0 saturated carbocycles. The Morgan fingerprint density at radius 3 is 2.48 bits per heavy atom. The summed E-state index contributed by atoms with van der Waals surface area (Å²) in [6.45, 7) is 0.645. The molecular weight excluding hydrogens is 342 g/mol. The second-order valence-corrected chi connectivity index (χ2v) is 5.74. The maximum Gasteiger partial charge on any atom is 0.195 e. The molecule has 0 saturated heterocycles. The third kappa shape index (κ3) is 4.58. The first-order chi connectivity index (χ1) is 13.2. The van der Waals surface area contributed by atoms with Crippen LogP contribution in [0.15, 0.2) is 65.9 Å². The van der Waals surface area contributed by atoms with Gasteiger partial charge in [0, 0.05) is 37.7 Å². The van der Waals surface area contributed by atoms with Gasteiger partial charge in [0.25, 0.3) is 0 Å². The zero-order valence-electron chi connectivity index (χ0n) is 15.6. The number of nitrogens with zero attached hydrogens (tertiary/aromatic N) is 3. The smallest absolute Gasteiger partial charge is 0.195 e. The fraction of sp³-hybridized carbons (Fsp3) is 0.200. The van der Waals surface area contributed by atoms with Crippen molar-refractivity contribution < 1.29 is 9.47 Å². The van der Waals surface area contributed by atoms with Crippen LogP contribution >= 0.6 is 0 Å². The molecule has 0 aliphatic rings. The van der Waals surface area contributed by atoms with Gasteiger partial charge in [0.15, 0.2) is 17.5 Å². The largest absolute Gasteiger partial charge is 0.493 e. The fourth-order valence-electron chi connectivity index (χ4n) is 2.60. The van der Waals surface area contributed by atoms with Crippen molar-refractivity contribution in [2.45, 2.75) is 6.54 Å². The van der Waals surface area contributed by atoms with Gasteiger partial charge in [0.05, 0.1) is 19.9 Å².